The first-order valence-electron chi connectivity index (χ1n) is 7.92. The van der Waals surface area contributed by atoms with Crippen LogP contribution >= 0.6 is 23.5 Å². The fourth-order valence-corrected chi connectivity index (χ4v) is 5.05. The van der Waals surface area contributed by atoms with Gasteiger partial charge < -0.3 is 14.8 Å². The SMILES string of the molecule is COCCNC(=O)[C@@H](C)OC(=O)c1ccc(C2SCCCS2)cc1. The average molecular weight is 370 g/mol. The van der Waals surface area contributed by atoms with Gasteiger partial charge in [-0.15, -0.1) is 23.5 Å². The molecule has 132 valence electrons. The first kappa shape index (κ1) is 19.1. The summed E-state index contributed by atoms with van der Waals surface area (Å²) in [5.74, 6) is 1.54. The lowest BCUT2D eigenvalue weighted by atomic mass is 10.1. The maximum Gasteiger partial charge on any atom is 0.338 e. The van der Waals surface area contributed by atoms with Crippen molar-refractivity contribution in [3.05, 3.63) is 35.4 Å². The third-order valence-electron chi connectivity index (χ3n) is 3.50. The van der Waals surface area contributed by atoms with Crippen LogP contribution in [0.3, 0.4) is 0 Å². The van der Waals surface area contributed by atoms with E-state index in [1.807, 2.05) is 35.7 Å². The number of hydrogen-bond acceptors (Lipinski definition) is 6. The lowest BCUT2D eigenvalue weighted by molar-refractivity contribution is -0.129. The molecule has 1 amide bonds. The van der Waals surface area contributed by atoms with Gasteiger partial charge in [-0.2, -0.15) is 0 Å². The molecule has 1 heterocycles. The van der Waals surface area contributed by atoms with E-state index in [0.717, 1.165) is 0 Å². The minimum absolute atomic E-state index is 0.327. The fraction of sp³-hybridized carbons (Fsp3) is 0.529. The zero-order valence-electron chi connectivity index (χ0n) is 13.9. The largest absolute Gasteiger partial charge is 0.449 e. The van der Waals surface area contributed by atoms with Crippen LogP contribution in [0.5, 0.6) is 0 Å². The van der Waals surface area contributed by atoms with Crippen LogP contribution in [0.1, 0.15) is 33.8 Å². The van der Waals surface area contributed by atoms with Crippen molar-refractivity contribution in [2.75, 3.05) is 31.8 Å². The molecule has 1 aromatic carbocycles. The molecular formula is C17H23NO4S2. The number of thioether (sulfide) groups is 2. The summed E-state index contributed by atoms with van der Waals surface area (Å²) in [6.45, 7) is 2.37. The molecule has 1 aliphatic heterocycles. The van der Waals surface area contributed by atoms with Crippen LogP contribution in [0.25, 0.3) is 0 Å². The summed E-state index contributed by atoms with van der Waals surface area (Å²) in [5.41, 5.74) is 1.67. The zero-order valence-corrected chi connectivity index (χ0v) is 15.6. The van der Waals surface area contributed by atoms with Gasteiger partial charge in [-0.05, 0) is 42.5 Å². The molecule has 24 heavy (non-hydrogen) atoms. The van der Waals surface area contributed by atoms with Crippen LogP contribution in [0.2, 0.25) is 0 Å². The number of rotatable bonds is 7. The number of benzene rings is 1. The normalized spacial score (nSPS) is 16.4. The van der Waals surface area contributed by atoms with Crippen molar-refractivity contribution < 1.29 is 19.1 Å². The van der Waals surface area contributed by atoms with E-state index in [0.29, 0.717) is 23.3 Å². The molecule has 1 N–H and O–H groups in total. The van der Waals surface area contributed by atoms with E-state index >= 15 is 0 Å². The zero-order chi connectivity index (χ0) is 17.4. The summed E-state index contributed by atoms with van der Waals surface area (Å²) in [6, 6.07) is 7.47. The van der Waals surface area contributed by atoms with Crippen LogP contribution in [0, 0.1) is 0 Å². The van der Waals surface area contributed by atoms with Crippen molar-refractivity contribution in [3.8, 4) is 0 Å². The predicted molar refractivity (Wildman–Crippen MR) is 98.5 cm³/mol. The molecule has 0 unspecified atom stereocenters. The van der Waals surface area contributed by atoms with Crippen LogP contribution < -0.4 is 5.32 Å². The molecule has 1 saturated heterocycles. The van der Waals surface area contributed by atoms with Gasteiger partial charge in [0, 0.05) is 13.7 Å². The van der Waals surface area contributed by atoms with Gasteiger partial charge in [0.05, 0.1) is 16.8 Å². The van der Waals surface area contributed by atoms with Gasteiger partial charge in [-0.3, -0.25) is 4.79 Å². The number of ether oxygens (including phenoxy) is 2. The number of hydrogen-bond donors (Lipinski definition) is 1. The van der Waals surface area contributed by atoms with Crippen molar-refractivity contribution in [2.45, 2.75) is 24.0 Å². The highest BCUT2D eigenvalue weighted by Crippen LogP contribution is 2.43. The van der Waals surface area contributed by atoms with Crippen molar-refractivity contribution in [1.29, 1.82) is 0 Å². The third-order valence-corrected chi connectivity index (χ3v) is 6.52. The highest BCUT2D eigenvalue weighted by molar-refractivity contribution is 8.16. The smallest absolute Gasteiger partial charge is 0.338 e. The molecule has 0 radical (unpaired) electrons. The average Bonchev–Trinajstić information content (AvgIpc) is 2.62. The molecule has 0 aliphatic carbocycles. The van der Waals surface area contributed by atoms with Crippen molar-refractivity contribution in [2.24, 2.45) is 0 Å². The van der Waals surface area contributed by atoms with E-state index in [1.54, 1.807) is 26.2 Å². The van der Waals surface area contributed by atoms with E-state index < -0.39 is 12.1 Å². The molecule has 1 aliphatic rings. The third kappa shape index (κ3) is 5.72. The van der Waals surface area contributed by atoms with Crippen molar-refractivity contribution >= 4 is 35.4 Å². The highest BCUT2D eigenvalue weighted by atomic mass is 32.2. The first-order valence-corrected chi connectivity index (χ1v) is 10.0. The predicted octanol–water partition coefficient (Wildman–Crippen LogP) is 2.86. The van der Waals surface area contributed by atoms with Gasteiger partial charge >= 0.3 is 5.97 Å². The highest BCUT2D eigenvalue weighted by Gasteiger charge is 2.20. The number of carbonyl (C=O) groups is 2. The minimum atomic E-state index is -0.835. The summed E-state index contributed by atoms with van der Waals surface area (Å²) in [4.78, 5) is 23.9. The number of amides is 1. The second-order valence-electron chi connectivity index (χ2n) is 5.38. The molecule has 1 atom stereocenters. The summed E-state index contributed by atoms with van der Waals surface area (Å²) < 4.78 is 10.5. The summed E-state index contributed by atoms with van der Waals surface area (Å²) in [7, 11) is 1.56. The van der Waals surface area contributed by atoms with Gasteiger partial charge in [0.1, 0.15) is 0 Å². The van der Waals surface area contributed by atoms with Crippen LogP contribution in [0.4, 0.5) is 0 Å². The molecule has 0 aromatic heterocycles. The summed E-state index contributed by atoms with van der Waals surface area (Å²) in [5, 5.41) is 2.65. The maximum absolute atomic E-state index is 12.1. The molecule has 7 heteroatoms. The molecule has 1 aromatic rings. The Labute approximate surface area is 151 Å². The molecule has 0 saturated carbocycles. The molecular weight excluding hydrogens is 346 g/mol. The van der Waals surface area contributed by atoms with E-state index in [2.05, 4.69) is 5.32 Å². The number of carbonyl (C=O) groups excluding carboxylic acids is 2. The Kier molecular flexibility index (Phi) is 7.94. The lowest BCUT2D eigenvalue weighted by Crippen LogP contribution is -2.37. The van der Waals surface area contributed by atoms with Gasteiger partial charge in [0.15, 0.2) is 6.10 Å². The summed E-state index contributed by atoms with van der Waals surface area (Å²) in [6.07, 6.45) is 0.416. The van der Waals surface area contributed by atoms with Crippen LogP contribution in [-0.2, 0) is 14.3 Å². The lowest BCUT2D eigenvalue weighted by Gasteiger charge is -2.21. The molecule has 0 spiro atoms. The quantitative estimate of drug-likeness (QED) is 0.589. The maximum atomic E-state index is 12.1. The first-order chi connectivity index (χ1) is 11.6. The molecule has 5 nitrogen and oxygen atoms in total. The number of nitrogens with one attached hydrogen (secondary N) is 1. The van der Waals surface area contributed by atoms with Crippen LogP contribution in [0.15, 0.2) is 24.3 Å². The Morgan fingerprint density at radius 1 is 1.25 bits per heavy atom. The summed E-state index contributed by atoms with van der Waals surface area (Å²) >= 11 is 3.88. The van der Waals surface area contributed by atoms with E-state index in [-0.39, 0.29) is 5.91 Å². The van der Waals surface area contributed by atoms with Crippen LogP contribution in [-0.4, -0.2) is 49.7 Å². The van der Waals surface area contributed by atoms with E-state index in [4.69, 9.17) is 9.47 Å². The van der Waals surface area contributed by atoms with Gasteiger partial charge in [-0.1, -0.05) is 12.1 Å². The molecule has 1 fully saturated rings. The van der Waals surface area contributed by atoms with Gasteiger partial charge in [-0.25, -0.2) is 4.79 Å². The fourth-order valence-electron chi connectivity index (χ4n) is 2.16. The monoisotopic (exact) mass is 369 g/mol. The second-order valence-corrected chi connectivity index (χ2v) is 8.10. The Balaban J connectivity index is 1.86. The Bertz CT molecular complexity index is 544. The van der Waals surface area contributed by atoms with Gasteiger partial charge in [0.25, 0.3) is 5.91 Å². The van der Waals surface area contributed by atoms with Crippen molar-refractivity contribution in [1.82, 2.24) is 5.32 Å². The topological polar surface area (TPSA) is 64.6 Å². The number of esters is 1. The second kappa shape index (κ2) is 9.96. The van der Waals surface area contributed by atoms with E-state index in [1.165, 1.54) is 23.5 Å². The Morgan fingerprint density at radius 3 is 2.54 bits per heavy atom. The number of methoxy groups -OCH3 is 1. The van der Waals surface area contributed by atoms with E-state index in [9.17, 15) is 9.59 Å². The Hall–Kier alpha value is -1.18. The molecule has 0 bridgehead atoms. The minimum Gasteiger partial charge on any atom is -0.449 e. The van der Waals surface area contributed by atoms with Crippen molar-refractivity contribution in [3.63, 3.8) is 0 Å². The Morgan fingerprint density at radius 2 is 1.92 bits per heavy atom. The molecule has 2 rings (SSSR count). The van der Waals surface area contributed by atoms with Gasteiger partial charge in [0.2, 0.25) is 0 Å². The standard InChI is InChI=1S/C17H23NO4S2/c1-12(15(19)18-8-9-21-2)22-16(20)13-4-6-14(7-5-13)17-23-10-3-11-24-17/h4-7,12,17H,3,8-11H2,1-2H3,(H,18,19)/t12-/m1/s1.